The average Bonchev–Trinajstić information content (AvgIpc) is 2.99. The van der Waals surface area contributed by atoms with Crippen molar-refractivity contribution in [2.45, 2.75) is 64.0 Å². The second-order valence-corrected chi connectivity index (χ2v) is 6.34. The van der Waals surface area contributed by atoms with Crippen LogP contribution in [0.15, 0.2) is 6.07 Å². The molecule has 1 atom stereocenters. The van der Waals surface area contributed by atoms with Gasteiger partial charge in [-0.3, -0.25) is 0 Å². The fraction of sp³-hybridized carbons (Fsp3) is 0.706. The van der Waals surface area contributed by atoms with Crippen molar-refractivity contribution < 1.29 is 5.11 Å². The molecule has 0 aromatic carbocycles. The maximum atomic E-state index is 9.09. The van der Waals surface area contributed by atoms with Gasteiger partial charge in [0.2, 0.25) is 0 Å². The van der Waals surface area contributed by atoms with Crippen molar-refractivity contribution >= 4 is 5.82 Å². The van der Waals surface area contributed by atoms with E-state index < -0.39 is 0 Å². The van der Waals surface area contributed by atoms with Crippen LogP contribution in [0.4, 0.5) is 5.82 Å². The molecule has 4 nitrogen and oxygen atoms in total. The Morgan fingerprint density at radius 1 is 1.29 bits per heavy atom. The molecule has 0 radical (unpaired) electrons. The van der Waals surface area contributed by atoms with Gasteiger partial charge < -0.3 is 15.7 Å². The van der Waals surface area contributed by atoms with E-state index in [4.69, 9.17) is 15.8 Å². The van der Waals surface area contributed by atoms with Crippen molar-refractivity contribution in [1.82, 2.24) is 4.98 Å². The number of aryl methyl sites for hydroxylation is 2. The largest absolute Gasteiger partial charge is 0.396 e. The second-order valence-electron chi connectivity index (χ2n) is 6.34. The normalized spacial score (nSPS) is 21.6. The SMILES string of the molecule is NCc1cc2c(nc1N1CCCC1CCCO)CCCC2. The Morgan fingerprint density at radius 3 is 2.95 bits per heavy atom. The van der Waals surface area contributed by atoms with Crippen LogP contribution in [-0.2, 0) is 19.4 Å². The van der Waals surface area contributed by atoms with Gasteiger partial charge in [-0.25, -0.2) is 4.98 Å². The van der Waals surface area contributed by atoms with Crippen molar-refractivity contribution in [1.29, 1.82) is 0 Å². The lowest BCUT2D eigenvalue weighted by molar-refractivity contribution is 0.279. The van der Waals surface area contributed by atoms with Gasteiger partial charge in [0.15, 0.2) is 0 Å². The average molecular weight is 289 g/mol. The number of hydrogen-bond acceptors (Lipinski definition) is 4. The number of anilines is 1. The highest BCUT2D eigenvalue weighted by atomic mass is 16.2. The Labute approximate surface area is 127 Å². The van der Waals surface area contributed by atoms with E-state index in [9.17, 15) is 0 Å². The fourth-order valence-electron chi connectivity index (χ4n) is 3.81. The first-order valence-corrected chi connectivity index (χ1v) is 8.42. The molecule has 1 saturated heterocycles. The Balaban J connectivity index is 1.89. The molecule has 0 spiro atoms. The minimum Gasteiger partial charge on any atom is -0.396 e. The third-order valence-corrected chi connectivity index (χ3v) is 4.92. The molecule has 1 aliphatic heterocycles. The summed E-state index contributed by atoms with van der Waals surface area (Å²) < 4.78 is 0. The molecular weight excluding hydrogens is 262 g/mol. The van der Waals surface area contributed by atoms with Gasteiger partial charge in [-0.2, -0.15) is 0 Å². The molecule has 0 bridgehead atoms. The molecule has 116 valence electrons. The van der Waals surface area contributed by atoms with Crippen molar-refractivity contribution in [2.75, 3.05) is 18.1 Å². The molecule has 1 aromatic heterocycles. The van der Waals surface area contributed by atoms with Crippen molar-refractivity contribution in [3.63, 3.8) is 0 Å². The molecule has 1 aliphatic carbocycles. The molecule has 1 unspecified atom stereocenters. The van der Waals surface area contributed by atoms with Crippen molar-refractivity contribution in [3.05, 3.63) is 22.9 Å². The summed E-state index contributed by atoms with van der Waals surface area (Å²) in [7, 11) is 0. The van der Waals surface area contributed by atoms with Crippen LogP contribution in [0.5, 0.6) is 0 Å². The zero-order valence-corrected chi connectivity index (χ0v) is 12.9. The highest BCUT2D eigenvalue weighted by Gasteiger charge is 2.28. The standard InChI is InChI=1S/C17H27N3O/c18-12-14-11-13-5-1-2-8-16(13)19-17(14)20-9-3-6-15(20)7-4-10-21/h11,15,21H,1-10,12,18H2. The monoisotopic (exact) mass is 289 g/mol. The number of aromatic nitrogens is 1. The van der Waals surface area contributed by atoms with Gasteiger partial charge in [0.05, 0.1) is 0 Å². The minimum atomic E-state index is 0.283. The quantitative estimate of drug-likeness (QED) is 0.872. The predicted octanol–water partition coefficient (Wildman–Crippen LogP) is 2.16. The van der Waals surface area contributed by atoms with Crippen LogP contribution in [0.1, 0.15) is 55.3 Å². The maximum Gasteiger partial charge on any atom is 0.133 e. The van der Waals surface area contributed by atoms with E-state index >= 15 is 0 Å². The highest BCUT2D eigenvalue weighted by Crippen LogP contribution is 2.32. The number of nitrogens with two attached hydrogens (primary N) is 1. The molecule has 1 fully saturated rings. The van der Waals surface area contributed by atoms with Crippen LogP contribution >= 0.6 is 0 Å². The summed E-state index contributed by atoms with van der Waals surface area (Å²) in [6.45, 7) is 1.93. The Morgan fingerprint density at radius 2 is 2.14 bits per heavy atom. The fourth-order valence-corrected chi connectivity index (χ4v) is 3.81. The predicted molar refractivity (Wildman–Crippen MR) is 85.5 cm³/mol. The number of aliphatic hydroxyl groups is 1. The summed E-state index contributed by atoms with van der Waals surface area (Å²) in [5.74, 6) is 1.12. The molecule has 4 heteroatoms. The summed E-state index contributed by atoms with van der Waals surface area (Å²) in [4.78, 5) is 7.46. The topological polar surface area (TPSA) is 62.4 Å². The number of pyridine rings is 1. The maximum absolute atomic E-state index is 9.09. The zero-order chi connectivity index (χ0) is 14.7. The van der Waals surface area contributed by atoms with E-state index in [2.05, 4.69) is 11.0 Å². The molecule has 3 rings (SSSR count). The van der Waals surface area contributed by atoms with Crippen molar-refractivity contribution in [3.8, 4) is 0 Å². The summed E-state index contributed by atoms with van der Waals surface area (Å²) in [6, 6.07) is 2.83. The Hall–Kier alpha value is -1.13. The molecule has 0 saturated carbocycles. The van der Waals surface area contributed by atoms with E-state index in [0.717, 1.165) is 38.0 Å². The Bertz CT molecular complexity index is 489. The lowest BCUT2D eigenvalue weighted by Gasteiger charge is -2.29. The first kappa shape index (κ1) is 14.8. The highest BCUT2D eigenvalue weighted by molar-refractivity contribution is 5.52. The van der Waals surface area contributed by atoms with Crippen LogP contribution < -0.4 is 10.6 Å². The Kier molecular flexibility index (Phi) is 4.76. The number of nitrogens with zero attached hydrogens (tertiary/aromatic N) is 2. The van der Waals surface area contributed by atoms with Crippen LogP contribution in [-0.4, -0.2) is 29.3 Å². The third-order valence-electron chi connectivity index (χ3n) is 4.92. The summed E-state index contributed by atoms with van der Waals surface area (Å²) in [5.41, 5.74) is 9.90. The van der Waals surface area contributed by atoms with Gasteiger partial charge in [0.25, 0.3) is 0 Å². The van der Waals surface area contributed by atoms with Gasteiger partial charge in [-0.15, -0.1) is 0 Å². The number of aliphatic hydroxyl groups excluding tert-OH is 1. The van der Waals surface area contributed by atoms with E-state index in [1.807, 2.05) is 0 Å². The molecule has 3 N–H and O–H groups in total. The smallest absolute Gasteiger partial charge is 0.133 e. The van der Waals surface area contributed by atoms with Gasteiger partial charge in [-0.1, -0.05) is 0 Å². The van der Waals surface area contributed by atoms with E-state index in [1.54, 1.807) is 0 Å². The van der Waals surface area contributed by atoms with Crippen molar-refractivity contribution in [2.24, 2.45) is 5.73 Å². The van der Waals surface area contributed by atoms with E-state index in [1.165, 1.54) is 42.5 Å². The lowest BCUT2D eigenvalue weighted by Crippen LogP contribution is -2.32. The molecule has 2 aliphatic rings. The minimum absolute atomic E-state index is 0.283. The molecular formula is C17H27N3O. The van der Waals surface area contributed by atoms with Gasteiger partial charge in [0.1, 0.15) is 5.82 Å². The molecule has 2 heterocycles. The first-order chi connectivity index (χ1) is 10.3. The van der Waals surface area contributed by atoms with Gasteiger partial charge in [-0.05, 0) is 63.0 Å². The van der Waals surface area contributed by atoms with Crippen LogP contribution in [0.3, 0.4) is 0 Å². The number of rotatable bonds is 5. The zero-order valence-electron chi connectivity index (χ0n) is 12.9. The van der Waals surface area contributed by atoms with Crippen LogP contribution in [0.25, 0.3) is 0 Å². The summed E-state index contributed by atoms with van der Waals surface area (Å²) in [5, 5.41) is 9.09. The first-order valence-electron chi connectivity index (χ1n) is 8.42. The third kappa shape index (κ3) is 3.06. The second kappa shape index (κ2) is 6.75. The lowest BCUT2D eigenvalue weighted by atomic mass is 9.94. The van der Waals surface area contributed by atoms with Gasteiger partial charge >= 0.3 is 0 Å². The summed E-state index contributed by atoms with van der Waals surface area (Å²) >= 11 is 0. The van der Waals surface area contributed by atoms with E-state index in [0.29, 0.717) is 12.6 Å². The van der Waals surface area contributed by atoms with E-state index in [-0.39, 0.29) is 6.61 Å². The van der Waals surface area contributed by atoms with Gasteiger partial charge in [0, 0.05) is 37.0 Å². The van der Waals surface area contributed by atoms with Crippen LogP contribution in [0.2, 0.25) is 0 Å². The summed E-state index contributed by atoms with van der Waals surface area (Å²) in [6.07, 6.45) is 9.17. The van der Waals surface area contributed by atoms with Crippen LogP contribution in [0, 0.1) is 0 Å². The molecule has 1 aromatic rings. The molecule has 0 amide bonds. The molecule has 21 heavy (non-hydrogen) atoms. The number of fused-ring (bicyclic) bond motifs is 1. The number of hydrogen-bond donors (Lipinski definition) is 2.